The number of benzene rings is 3. The predicted octanol–water partition coefficient (Wildman–Crippen LogP) is 5.06. The second-order valence-corrected chi connectivity index (χ2v) is 9.13. The van der Waals surface area contributed by atoms with Gasteiger partial charge in [0.2, 0.25) is 24.4 Å². The van der Waals surface area contributed by atoms with Gasteiger partial charge in [-0.15, -0.1) is 0 Å². The summed E-state index contributed by atoms with van der Waals surface area (Å²) in [5, 5.41) is 6.76. The van der Waals surface area contributed by atoms with E-state index in [0.29, 0.717) is 38.9 Å². The number of nitrogens with one attached hydrogen (secondary N) is 2. The standard InChI is InChI=1S/C27H20ClN3O6/c28-16-5-8-18(9-6-16)31-13-15(11-23(31)32)26(33)30-24-19-3-1-2-4-20(19)37-25(24)27(34)29-17-7-10-21-22(12-17)36-14-35-21/h1-10,12,15H,11,13-14H2,(H,29,34)(H,30,33). The number of halogens is 1. The molecule has 0 radical (unpaired) electrons. The summed E-state index contributed by atoms with van der Waals surface area (Å²) >= 11 is 5.96. The van der Waals surface area contributed by atoms with Gasteiger partial charge in [-0.25, -0.2) is 0 Å². The molecule has 2 aliphatic heterocycles. The zero-order chi connectivity index (χ0) is 25.5. The van der Waals surface area contributed by atoms with Gasteiger partial charge < -0.3 is 29.4 Å². The van der Waals surface area contributed by atoms with E-state index in [1.165, 1.54) is 0 Å². The number of rotatable bonds is 5. The van der Waals surface area contributed by atoms with Crippen LogP contribution in [0.5, 0.6) is 11.5 Å². The van der Waals surface area contributed by atoms with Crippen molar-refractivity contribution in [2.24, 2.45) is 5.92 Å². The molecule has 0 spiro atoms. The fourth-order valence-electron chi connectivity index (χ4n) is 4.47. The lowest BCUT2D eigenvalue weighted by Crippen LogP contribution is -2.28. The van der Waals surface area contributed by atoms with Crippen LogP contribution in [-0.4, -0.2) is 31.1 Å². The van der Waals surface area contributed by atoms with E-state index in [4.69, 9.17) is 25.5 Å². The zero-order valence-electron chi connectivity index (χ0n) is 19.3. The summed E-state index contributed by atoms with van der Waals surface area (Å²) in [5.41, 5.74) is 1.84. The maximum absolute atomic E-state index is 13.3. The monoisotopic (exact) mass is 517 g/mol. The maximum atomic E-state index is 13.3. The summed E-state index contributed by atoms with van der Waals surface area (Å²) in [7, 11) is 0. The van der Waals surface area contributed by atoms with E-state index >= 15 is 0 Å². The van der Waals surface area contributed by atoms with Crippen LogP contribution in [0, 0.1) is 5.92 Å². The first-order chi connectivity index (χ1) is 18.0. The van der Waals surface area contributed by atoms with Gasteiger partial charge in [-0.05, 0) is 48.5 Å². The molecule has 3 aromatic carbocycles. The average Bonchev–Trinajstić information content (AvgIpc) is 3.61. The van der Waals surface area contributed by atoms with Crippen molar-refractivity contribution in [2.45, 2.75) is 6.42 Å². The Labute approximate surface area is 215 Å². The molecule has 1 aromatic heterocycles. The minimum Gasteiger partial charge on any atom is -0.454 e. The number of hydrogen-bond donors (Lipinski definition) is 2. The Morgan fingerprint density at radius 3 is 2.57 bits per heavy atom. The summed E-state index contributed by atoms with van der Waals surface area (Å²) in [6.07, 6.45) is 0.0446. The lowest BCUT2D eigenvalue weighted by atomic mass is 10.1. The minimum atomic E-state index is -0.610. The third-order valence-corrected chi connectivity index (χ3v) is 6.57. The van der Waals surface area contributed by atoms with Crippen molar-refractivity contribution >= 4 is 57.4 Å². The van der Waals surface area contributed by atoms with Crippen LogP contribution in [0.1, 0.15) is 17.0 Å². The molecule has 3 amide bonds. The first kappa shape index (κ1) is 22.9. The Balaban J connectivity index is 1.24. The molecule has 0 bridgehead atoms. The molecule has 4 aromatic rings. The van der Waals surface area contributed by atoms with Gasteiger partial charge in [0, 0.05) is 40.8 Å². The lowest BCUT2D eigenvalue weighted by Gasteiger charge is -2.16. The van der Waals surface area contributed by atoms with Gasteiger partial charge in [-0.3, -0.25) is 14.4 Å². The SMILES string of the molecule is O=C(Nc1ccc2c(c1)OCO2)c1oc2ccccc2c1NC(=O)C1CC(=O)N(c2ccc(Cl)cc2)C1. The molecule has 0 aliphatic carbocycles. The second kappa shape index (κ2) is 9.18. The highest BCUT2D eigenvalue weighted by Crippen LogP contribution is 2.36. The highest BCUT2D eigenvalue weighted by atomic mass is 35.5. The van der Waals surface area contributed by atoms with Crippen LogP contribution in [0.3, 0.4) is 0 Å². The van der Waals surface area contributed by atoms with Gasteiger partial charge in [0.1, 0.15) is 11.3 Å². The predicted molar refractivity (Wildman–Crippen MR) is 137 cm³/mol. The Morgan fingerprint density at radius 1 is 0.946 bits per heavy atom. The number of furan rings is 1. The molecule has 186 valence electrons. The molecule has 1 unspecified atom stereocenters. The van der Waals surface area contributed by atoms with Crippen LogP contribution in [0.25, 0.3) is 11.0 Å². The Hall–Kier alpha value is -4.50. The van der Waals surface area contributed by atoms with Crippen LogP contribution in [-0.2, 0) is 9.59 Å². The molecule has 10 heteroatoms. The number of carbonyl (C=O) groups is 3. The van der Waals surface area contributed by atoms with Crippen LogP contribution < -0.4 is 25.0 Å². The average molecular weight is 518 g/mol. The topological polar surface area (TPSA) is 110 Å². The summed E-state index contributed by atoms with van der Waals surface area (Å²) in [6.45, 7) is 0.326. The molecule has 0 saturated carbocycles. The summed E-state index contributed by atoms with van der Waals surface area (Å²) in [5.74, 6) is -0.641. The fraction of sp³-hybridized carbons (Fsp3) is 0.148. The van der Waals surface area contributed by atoms with E-state index in [-0.39, 0.29) is 43.0 Å². The lowest BCUT2D eigenvalue weighted by molar-refractivity contribution is -0.122. The molecular weight excluding hydrogens is 498 g/mol. The van der Waals surface area contributed by atoms with Crippen molar-refractivity contribution < 1.29 is 28.3 Å². The Morgan fingerprint density at radius 2 is 1.73 bits per heavy atom. The second-order valence-electron chi connectivity index (χ2n) is 8.70. The highest BCUT2D eigenvalue weighted by Gasteiger charge is 2.36. The molecule has 1 atom stereocenters. The molecule has 1 fully saturated rings. The molecule has 37 heavy (non-hydrogen) atoms. The molecule has 3 heterocycles. The van der Waals surface area contributed by atoms with E-state index in [0.717, 1.165) is 0 Å². The van der Waals surface area contributed by atoms with Crippen LogP contribution in [0.2, 0.25) is 5.02 Å². The van der Waals surface area contributed by atoms with E-state index < -0.39 is 11.8 Å². The molecule has 6 rings (SSSR count). The molecule has 2 N–H and O–H groups in total. The minimum absolute atomic E-state index is 0.0446. The number of para-hydroxylation sites is 1. The third-order valence-electron chi connectivity index (χ3n) is 6.31. The van der Waals surface area contributed by atoms with Gasteiger partial charge in [0.05, 0.1) is 5.92 Å². The first-order valence-electron chi connectivity index (χ1n) is 11.6. The summed E-state index contributed by atoms with van der Waals surface area (Å²) in [4.78, 5) is 40.7. The van der Waals surface area contributed by atoms with E-state index in [1.807, 2.05) is 0 Å². The van der Waals surface area contributed by atoms with Crippen molar-refractivity contribution in [1.29, 1.82) is 0 Å². The van der Waals surface area contributed by atoms with Crippen molar-refractivity contribution in [2.75, 3.05) is 28.9 Å². The molecular formula is C27H20ClN3O6. The quantitative estimate of drug-likeness (QED) is 0.383. The molecule has 2 aliphatic rings. The summed E-state index contributed by atoms with van der Waals surface area (Å²) in [6, 6.07) is 18.9. The molecule has 9 nitrogen and oxygen atoms in total. The number of nitrogens with zero attached hydrogens (tertiary/aromatic N) is 1. The van der Waals surface area contributed by atoms with Crippen molar-refractivity contribution in [3.05, 3.63) is 77.5 Å². The number of hydrogen-bond acceptors (Lipinski definition) is 6. The van der Waals surface area contributed by atoms with Crippen LogP contribution >= 0.6 is 11.6 Å². The zero-order valence-corrected chi connectivity index (χ0v) is 20.1. The van der Waals surface area contributed by atoms with Gasteiger partial charge in [0.25, 0.3) is 5.91 Å². The number of fused-ring (bicyclic) bond motifs is 2. The maximum Gasteiger partial charge on any atom is 0.293 e. The van der Waals surface area contributed by atoms with Gasteiger partial charge in [0.15, 0.2) is 11.5 Å². The molecule has 1 saturated heterocycles. The van der Waals surface area contributed by atoms with E-state index in [9.17, 15) is 14.4 Å². The fourth-order valence-corrected chi connectivity index (χ4v) is 4.60. The van der Waals surface area contributed by atoms with Crippen molar-refractivity contribution in [1.82, 2.24) is 0 Å². The van der Waals surface area contributed by atoms with E-state index in [2.05, 4.69) is 10.6 Å². The smallest absolute Gasteiger partial charge is 0.293 e. The number of anilines is 3. The van der Waals surface area contributed by atoms with Crippen LogP contribution in [0.4, 0.5) is 17.1 Å². The van der Waals surface area contributed by atoms with Gasteiger partial charge in [-0.1, -0.05) is 23.7 Å². The first-order valence-corrected chi connectivity index (χ1v) is 11.9. The van der Waals surface area contributed by atoms with Gasteiger partial charge >= 0.3 is 0 Å². The number of ether oxygens (including phenoxy) is 2. The highest BCUT2D eigenvalue weighted by molar-refractivity contribution is 6.30. The number of carbonyl (C=O) groups excluding carboxylic acids is 3. The van der Waals surface area contributed by atoms with Crippen LogP contribution in [0.15, 0.2) is 71.1 Å². The normalized spacial score (nSPS) is 16.3. The van der Waals surface area contributed by atoms with Crippen molar-refractivity contribution in [3.63, 3.8) is 0 Å². The van der Waals surface area contributed by atoms with E-state index in [1.54, 1.807) is 71.6 Å². The number of amides is 3. The summed E-state index contributed by atoms with van der Waals surface area (Å²) < 4.78 is 16.5. The largest absolute Gasteiger partial charge is 0.454 e. The Kier molecular flexibility index (Phi) is 5.69. The van der Waals surface area contributed by atoms with Gasteiger partial charge in [-0.2, -0.15) is 0 Å². The Bertz CT molecular complexity index is 1550. The van der Waals surface area contributed by atoms with Crippen molar-refractivity contribution in [3.8, 4) is 11.5 Å². The third kappa shape index (κ3) is 4.34.